The minimum atomic E-state index is -4.35. The van der Waals surface area contributed by atoms with Crippen molar-refractivity contribution in [1.29, 1.82) is 0 Å². The van der Waals surface area contributed by atoms with Gasteiger partial charge in [0.05, 0.1) is 18.3 Å². The molecule has 0 fully saturated rings. The van der Waals surface area contributed by atoms with Gasteiger partial charge >= 0.3 is 12.1 Å². The minimum Gasteiger partial charge on any atom is -0.480 e. The predicted octanol–water partition coefficient (Wildman–Crippen LogP) is 3.29. The molecule has 0 aliphatic carbocycles. The average Bonchev–Trinajstić information content (AvgIpc) is 2.98. The minimum absolute atomic E-state index is 0.343. The zero-order valence-electron chi connectivity index (χ0n) is 13.8. The van der Waals surface area contributed by atoms with Crippen LogP contribution in [0.15, 0.2) is 36.7 Å². The van der Waals surface area contributed by atoms with E-state index in [1.54, 1.807) is 17.1 Å². The SMILES string of the molecule is CCCC(NCc1cnn(Cc2ccc(C(F)(F)F)cc2)c1)C(=O)O. The third kappa shape index (κ3) is 5.60. The number of carboxylic acid groups (broad SMARTS) is 1. The van der Waals surface area contributed by atoms with E-state index in [0.717, 1.165) is 24.1 Å². The first kappa shape index (κ1) is 19.0. The Balaban J connectivity index is 1.94. The monoisotopic (exact) mass is 355 g/mol. The van der Waals surface area contributed by atoms with Crippen LogP contribution in [0.1, 0.15) is 36.5 Å². The lowest BCUT2D eigenvalue weighted by atomic mass is 10.1. The van der Waals surface area contributed by atoms with E-state index in [0.29, 0.717) is 25.1 Å². The highest BCUT2D eigenvalue weighted by atomic mass is 19.4. The number of aromatic nitrogens is 2. The van der Waals surface area contributed by atoms with E-state index in [1.807, 2.05) is 6.92 Å². The van der Waals surface area contributed by atoms with E-state index in [-0.39, 0.29) is 0 Å². The number of benzene rings is 1. The Morgan fingerprint density at radius 2 is 1.96 bits per heavy atom. The molecule has 1 atom stereocenters. The Labute approximate surface area is 143 Å². The predicted molar refractivity (Wildman–Crippen MR) is 85.9 cm³/mol. The summed E-state index contributed by atoms with van der Waals surface area (Å²) < 4.78 is 39.2. The molecule has 0 saturated carbocycles. The van der Waals surface area contributed by atoms with E-state index >= 15 is 0 Å². The van der Waals surface area contributed by atoms with Gasteiger partial charge in [0.2, 0.25) is 0 Å². The van der Waals surface area contributed by atoms with Crippen molar-refractivity contribution in [3.05, 3.63) is 53.3 Å². The molecule has 1 heterocycles. The summed E-state index contributed by atoms with van der Waals surface area (Å²) in [4.78, 5) is 11.1. The maximum atomic E-state index is 12.5. The fourth-order valence-electron chi connectivity index (χ4n) is 2.41. The van der Waals surface area contributed by atoms with Gasteiger partial charge in [-0.1, -0.05) is 25.5 Å². The number of halogens is 3. The molecule has 5 nitrogen and oxygen atoms in total. The van der Waals surface area contributed by atoms with Crippen molar-refractivity contribution < 1.29 is 23.1 Å². The van der Waals surface area contributed by atoms with Crippen LogP contribution >= 0.6 is 0 Å². The molecule has 1 unspecified atom stereocenters. The van der Waals surface area contributed by atoms with E-state index < -0.39 is 23.8 Å². The van der Waals surface area contributed by atoms with Crippen LogP contribution in [0.3, 0.4) is 0 Å². The van der Waals surface area contributed by atoms with Crippen molar-refractivity contribution >= 4 is 5.97 Å². The number of nitrogens with zero attached hydrogens (tertiary/aromatic N) is 2. The molecule has 136 valence electrons. The van der Waals surface area contributed by atoms with Crippen LogP contribution in [0.4, 0.5) is 13.2 Å². The van der Waals surface area contributed by atoms with Crippen LogP contribution in [0, 0.1) is 0 Å². The van der Waals surface area contributed by atoms with Crippen LogP contribution < -0.4 is 5.32 Å². The van der Waals surface area contributed by atoms with Gasteiger partial charge < -0.3 is 10.4 Å². The highest BCUT2D eigenvalue weighted by Crippen LogP contribution is 2.29. The van der Waals surface area contributed by atoms with E-state index in [9.17, 15) is 18.0 Å². The highest BCUT2D eigenvalue weighted by Gasteiger charge is 2.29. The van der Waals surface area contributed by atoms with Gasteiger partial charge in [-0.2, -0.15) is 18.3 Å². The molecule has 0 radical (unpaired) electrons. The lowest BCUT2D eigenvalue weighted by Gasteiger charge is -2.12. The molecule has 0 aliphatic heterocycles. The second kappa shape index (κ2) is 8.15. The van der Waals surface area contributed by atoms with Crippen LogP contribution in [0.25, 0.3) is 0 Å². The fourth-order valence-corrected chi connectivity index (χ4v) is 2.41. The molecule has 0 saturated heterocycles. The molecule has 2 aromatic rings. The van der Waals surface area contributed by atoms with Gasteiger partial charge in [-0.25, -0.2) is 0 Å². The Morgan fingerprint density at radius 3 is 2.52 bits per heavy atom. The molecule has 1 aromatic carbocycles. The molecule has 2 N–H and O–H groups in total. The number of alkyl halides is 3. The molecule has 0 aliphatic rings. The summed E-state index contributed by atoms with van der Waals surface area (Å²) in [5.74, 6) is -0.890. The Kier molecular flexibility index (Phi) is 6.19. The molecular formula is C17H20F3N3O2. The number of rotatable bonds is 8. The summed E-state index contributed by atoms with van der Waals surface area (Å²) in [7, 11) is 0. The lowest BCUT2D eigenvalue weighted by Crippen LogP contribution is -2.35. The Morgan fingerprint density at radius 1 is 1.28 bits per heavy atom. The van der Waals surface area contributed by atoms with Gasteiger partial charge in [0.1, 0.15) is 6.04 Å². The molecule has 2 rings (SSSR count). The van der Waals surface area contributed by atoms with Gasteiger partial charge in [0.25, 0.3) is 0 Å². The van der Waals surface area contributed by atoms with Crippen LogP contribution in [-0.4, -0.2) is 26.9 Å². The summed E-state index contributed by atoms with van der Waals surface area (Å²) in [6.07, 6.45) is 0.311. The van der Waals surface area contributed by atoms with Gasteiger partial charge in [-0.15, -0.1) is 0 Å². The van der Waals surface area contributed by atoms with Gasteiger partial charge in [-0.3, -0.25) is 9.48 Å². The second-order valence-corrected chi connectivity index (χ2v) is 5.80. The summed E-state index contributed by atoms with van der Waals surface area (Å²) in [6, 6.07) is 4.32. The molecular weight excluding hydrogens is 335 g/mol. The lowest BCUT2D eigenvalue weighted by molar-refractivity contribution is -0.140. The summed E-state index contributed by atoms with van der Waals surface area (Å²) in [6.45, 7) is 2.62. The third-order valence-electron chi connectivity index (χ3n) is 3.74. The van der Waals surface area contributed by atoms with Crippen LogP contribution in [-0.2, 0) is 24.1 Å². The van der Waals surface area contributed by atoms with Crippen molar-refractivity contribution in [2.45, 2.75) is 45.1 Å². The standard InChI is InChI=1S/C17H20F3N3O2/c1-2-3-15(16(24)25)21-8-13-9-22-23(11-13)10-12-4-6-14(7-5-12)17(18,19)20/h4-7,9,11,15,21H,2-3,8,10H2,1H3,(H,24,25). The summed E-state index contributed by atoms with van der Waals surface area (Å²) in [5.41, 5.74) is 0.830. The van der Waals surface area contributed by atoms with Crippen molar-refractivity contribution in [2.75, 3.05) is 0 Å². The van der Waals surface area contributed by atoms with Crippen molar-refractivity contribution in [2.24, 2.45) is 0 Å². The van der Waals surface area contributed by atoms with E-state index in [4.69, 9.17) is 5.11 Å². The molecule has 25 heavy (non-hydrogen) atoms. The molecule has 0 amide bonds. The summed E-state index contributed by atoms with van der Waals surface area (Å²) >= 11 is 0. The van der Waals surface area contributed by atoms with Crippen molar-refractivity contribution in [1.82, 2.24) is 15.1 Å². The zero-order chi connectivity index (χ0) is 18.4. The van der Waals surface area contributed by atoms with Gasteiger partial charge in [-0.05, 0) is 24.1 Å². The first-order chi connectivity index (χ1) is 11.8. The second-order valence-electron chi connectivity index (χ2n) is 5.80. The number of nitrogens with one attached hydrogen (secondary N) is 1. The first-order valence-electron chi connectivity index (χ1n) is 7.93. The number of hydrogen-bond donors (Lipinski definition) is 2. The quantitative estimate of drug-likeness (QED) is 0.763. The van der Waals surface area contributed by atoms with Gasteiger partial charge in [0, 0.05) is 18.3 Å². The maximum absolute atomic E-state index is 12.5. The molecule has 0 bridgehead atoms. The van der Waals surface area contributed by atoms with Gasteiger partial charge in [0.15, 0.2) is 0 Å². The Hall–Kier alpha value is -2.35. The number of aliphatic carboxylic acids is 1. The highest BCUT2D eigenvalue weighted by molar-refractivity contribution is 5.73. The average molecular weight is 355 g/mol. The normalized spacial score (nSPS) is 13.0. The van der Waals surface area contributed by atoms with Crippen molar-refractivity contribution in [3.8, 4) is 0 Å². The largest absolute Gasteiger partial charge is 0.480 e. The van der Waals surface area contributed by atoms with Crippen LogP contribution in [0.5, 0.6) is 0 Å². The molecule has 0 spiro atoms. The number of carbonyl (C=O) groups is 1. The maximum Gasteiger partial charge on any atom is 0.416 e. The first-order valence-corrected chi connectivity index (χ1v) is 7.93. The topological polar surface area (TPSA) is 67.2 Å². The smallest absolute Gasteiger partial charge is 0.416 e. The summed E-state index contributed by atoms with van der Waals surface area (Å²) in [5, 5.41) is 16.2. The number of hydrogen-bond acceptors (Lipinski definition) is 3. The molecule has 1 aromatic heterocycles. The van der Waals surface area contributed by atoms with Crippen molar-refractivity contribution in [3.63, 3.8) is 0 Å². The van der Waals surface area contributed by atoms with E-state index in [1.165, 1.54) is 12.1 Å². The number of carboxylic acids is 1. The fraction of sp³-hybridized carbons (Fsp3) is 0.412. The van der Waals surface area contributed by atoms with Crippen LogP contribution in [0.2, 0.25) is 0 Å². The molecule has 8 heteroatoms. The van der Waals surface area contributed by atoms with E-state index in [2.05, 4.69) is 10.4 Å². The third-order valence-corrected chi connectivity index (χ3v) is 3.74. The zero-order valence-corrected chi connectivity index (χ0v) is 13.8. The Bertz CT molecular complexity index is 696.